The van der Waals surface area contributed by atoms with E-state index in [1.165, 1.54) is 22.3 Å². The van der Waals surface area contributed by atoms with Gasteiger partial charge in [0.2, 0.25) is 0 Å². The van der Waals surface area contributed by atoms with Crippen LogP contribution >= 0.6 is 0 Å². The largest absolute Gasteiger partial charge is 0.0581 e. The van der Waals surface area contributed by atoms with Crippen LogP contribution in [0.1, 0.15) is 33.4 Å². The van der Waals surface area contributed by atoms with Crippen molar-refractivity contribution in [2.75, 3.05) is 0 Å². The fourth-order valence-electron chi connectivity index (χ4n) is 2.10. The van der Waals surface area contributed by atoms with Crippen LogP contribution in [0, 0.1) is 51.4 Å². The second-order valence-corrected chi connectivity index (χ2v) is 5.14. The van der Waals surface area contributed by atoms with Crippen LogP contribution in [-0.4, -0.2) is 0 Å². The van der Waals surface area contributed by atoms with Crippen LogP contribution in [0.25, 0.3) is 0 Å². The second kappa shape index (κ2) is 6.14. The van der Waals surface area contributed by atoms with Crippen LogP contribution in [0.15, 0.2) is 36.4 Å². The molecule has 98 valence electrons. The summed E-state index contributed by atoms with van der Waals surface area (Å²) in [7, 11) is 0. The lowest BCUT2D eigenvalue weighted by Crippen LogP contribution is -1.83. The Bertz CT molecular complexity index is 689. The highest BCUT2D eigenvalue weighted by molar-refractivity contribution is 5.49. The van der Waals surface area contributed by atoms with Crippen molar-refractivity contribution in [3.63, 3.8) is 0 Å². The molecule has 0 aromatic heterocycles. The van der Waals surface area contributed by atoms with Gasteiger partial charge in [-0.25, -0.2) is 0 Å². The zero-order valence-corrected chi connectivity index (χ0v) is 12.5. The molecule has 0 aliphatic carbocycles. The molecule has 2 rings (SSSR count). The first-order valence-corrected chi connectivity index (χ1v) is 6.73. The summed E-state index contributed by atoms with van der Waals surface area (Å²) >= 11 is 0. The maximum absolute atomic E-state index is 3.12. The summed E-state index contributed by atoms with van der Waals surface area (Å²) < 4.78 is 0. The highest BCUT2D eigenvalue weighted by Gasteiger charge is 1.94. The summed E-state index contributed by atoms with van der Waals surface area (Å²) in [4.78, 5) is 0. The van der Waals surface area contributed by atoms with Gasteiger partial charge in [0.25, 0.3) is 0 Å². The lowest BCUT2D eigenvalue weighted by Gasteiger charge is -1.98. The Morgan fingerprint density at radius 1 is 0.600 bits per heavy atom. The van der Waals surface area contributed by atoms with Gasteiger partial charge in [0, 0.05) is 11.1 Å². The number of rotatable bonds is 0. The molecule has 0 heterocycles. The maximum atomic E-state index is 3.12. The molecule has 2 aromatic rings. The van der Waals surface area contributed by atoms with E-state index in [2.05, 4.69) is 87.8 Å². The molecule has 0 saturated carbocycles. The van der Waals surface area contributed by atoms with Gasteiger partial charge in [0.05, 0.1) is 0 Å². The normalized spacial score (nSPS) is 9.20. The topological polar surface area (TPSA) is 0 Å². The van der Waals surface area contributed by atoms with Gasteiger partial charge < -0.3 is 0 Å². The van der Waals surface area contributed by atoms with Crippen LogP contribution in [0.2, 0.25) is 0 Å². The second-order valence-electron chi connectivity index (χ2n) is 5.14. The zero-order valence-electron chi connectivity index (χ0n) is 12.5. The molecule has 0 bridgehead atoms. The molecule has 0 aliphatic heterocycles. The Morgan fingerprint density at radius 2 is 1.00 bits per heavy atom. The molecule has 2 aromatic carbocycles. The van der Waals surface area contributed by atoms with Gasteiger partial charge in [-0.2, -0.15) is 0 Å². The predicted octanol–water partition coefficient (Wildman–Crippen LogP) is 4.32. The molecule has 0 nitrogen and oxygen atoms in total. The van der Waals surface area contributed by atoms with Gasteiger partial charge in [0.15, 0.2) is 0 Å². The van der Waals surface area contributed by atoms with Crippen LogP contribution in [0.3, 0.4) is 0 Å². The van der Waals surface area contributed by atoms with E-state index >= 15 is 0 Å². The van der Waals surface area contributed by atoms with E-state index in [-0.39, 0.29) is 0 Å². The molecule has 20 heavy (non-hydrogen) atoms. The average molecular weight is 258 g/mol. The van der Waals surface area contributed by atoms with E-state index in [0.29, 0.717) is 0 Å². The molecule has 0 aliphatic rings. The first-order valence-electron chi connectivity index (χ1n) is 6.73. The Morgan fingerprint density at radius 3 is 1.35 bits per heavy atom. The molecule has 0 saturated heterocycles. The van der Waals surface area contributed by atoms with Crippen molar-refractivity contribution >= 4 is 0 Å². The number of hydrogen-bond acceptors (Lipinski definition) is 0. The first-order chi connectivity index (χ1) is 9.56. The Balaban J connectivity index is 2.21. The lowest BCUT2D eigenvalue weighted by molar-refractivity contribution is 1.36. The number of benzene rings is 2. The summed E-state index contributed by atoms with van der Waals surface area (Å²) in [5, 5.41) is 0. The van der Waals surface area contributed by atoms with Crippen molar-refractivity contribution in [2.45, 2.75) is 27.7 Å². The molecule has 0 amide bonds. The lowest BCUT2D eigenvalue weighted by atomic mass is 10.1. The van der Waals surface area contributed by atoms with Crippen molar-refractivity contribution in [3.8, 4) is 23.7 Å². The highest BCUT2D eigenvalue weighted by Crippen LogP contribution is 2.09. The molecule has 0 heteroatoms. The SMILES string of the molecule is Cc1ccc(C#CC#Cc2ccc(C)cc2C)c(C)c1. The third-order valence-corrected chi connectivity index (χ3v) is 3.22. The van der Waals surface area contributed by atoms with E-state index in [0.717, 1.165) is 11.1 Å². The molecule has 0 radical (unpaired) electrons. The molecule has 0 unspecified atom stereocenters. The van der Waals surface area contributed by atoms with Crippen molar-refractivity contribution in [2.24, 2.45) is 0 Å². The third-order valence-electron chi connectivity index (χ3n) is 3.22. The Kier molecular flexibility index (Phi) is 4.29. The van der Waals surface area contributed by atoms with Crippen molar-refractivity contribution in [1.82, 2.24) is 0 Å². The standard InChI is InChI=1S/C20H18/c1-15-9-11-19(17(3)13-15)7-5-6-8-20-12-10-16(2)14-18(20)4/h9-14H,1-4H3. The molecule has 0 N–H and O–H groups in total. The average Bonchev–Trinajstić information content (AvgIpc) is 2.39. The van der Waals surface area contributed by atoms with Gasteiger partial charge in [-0.05, 0) is 62.8 Å². The van der Waals surface area contributed by atoms with Crippen molar-refractivity contribution in [3.05, 3.63) is 69.8 Å². The van der Waals surface area contributed by atoms with E-state index in [1.54, 1.807) is 0 Å². The Labute approximate surface area is 121 Å². The van der Waals surface area contributed by atoms with Crippen LogP contribution in [0.5, 0.6) is 0 Å². The van der Waals surface area contributed by atoms with Crippen LogP contribution < -0.4 is 0 Å². The van der Waals surface area contributed by atoms with Crippen molar-refractivity contribution in [1.29, 1.82) is 0 Å². The minimum Gasteiger partial charge on any atom is -0.0581 e. The van der Waals surface area contributed by atoms with Gasteiger partial charge in [0.1, 0.15) is 0 Å². The fraction of sp³-hybridized carbons (Fsp3) is 0.200. The molecule has 0 spiro atoms. The van der Waals surface area contributed by atoms with E-state index < -0.39 is 0 Å². The summed E-state index contributed by atoms with van der Waals surface area (Å²) in [5.74, 6) is 12.1. The molecular weight excluding hydrogens is 240 g/mol. The van der Waals surface area contributed by atoms with E-state index in [9.17, 15) is 0 Å². The molecule has 0 fully saturated rings. The zero-order chi connectivity index (χ0) is 14.5. The maximum Gasteiger partial charge on any atom is 0.0284 e. The minimum atomic E-state index is 1.05. The van der Waals surface area contributed by atoms with E-state index in [4.69, 9.17) is 0 Å². The Hall–Kier alpha value is -2.44. The summed E-state index contributed by atoms with van der Waals surface area (Å²) in [6, 6.07) is 12.5. The summed E-state index contributed by atoms with van der Waals surface area (Å²) in [5.41, 5.74) is 7.01. The fourth-order valence-corrected chi connectivity index (χ4v) is 2.10. The van der Waals surface area contributed by atoms with Gasteiger partial charge in [-0.3, -0.25) is 0 Å². The predicted molar refractivity (Wildman–Crippen MR) is 85.6 cm³/mol. The van der Waals surface area contributed by atoms with Crippen LogP contribution in [0.4, 0.5) is 0 Å². The molecule has 0 atom stereocenters. The van der Waals surface area contributed by atoms with E-state index in [1.807, 2.05) is 0 Å². The minimum absolute atomic E-state index is 1.05. The highest BCUT2D eigenvalue weighted by atomic mass is 14.0. The van der Waals surface area contributed by atoms with Crippen molar-refractivity contribution < 1.29 is 0 Å². The molecular formula is C20H18. The quantitative estimate of drug-likeness (QED) is 0.617. The van der Waals surface area contributed by atoms with Crippen LogP contribution in [-0.2, 0) is 0 Å². The third kappa shape index (κ3) is 3.53. The smallest absolute Gasteiger partial charge is 0.0284 e. The first kappa shape index (κ1) is 14.0. The number of hydrogen-bond donors (Lipinski definition) is 0. The van der Waals surface area contributed by atoms with Gasteiger partial charge in [-0.15, -0.1) is 0 Å². The summed E-state index contributed by atoms with van der Waals surface area (Å²) in [6.07, 6.45) is 0. The summed E-state index contributed by atoms with van der Waals surface area (Å²) in [6.45, 7) is 8.33. The monoisotopic (exact) mass is 258 g/mol. The number of aryl methyl sites for hydroxylation is 4. The van der Waals surface area contributed by atoms with Gasteiger partial charge >= 0.3 is 0 Å². The van der Waals surface area contributed by atoms with Gasteiger partial charge in [-0.1, -0.05) is 47.2 Å².